The standard InChI is InChI=1S/C15H19N3/c1-3-12-4-6-13(7-5-12)9-18-15-8-14(16-2)10-17-11-15/h4-8,10-11,16,18H,3,9H2,1-2H3. The number of hydrogen-bond donors (Lipinski definition) is 2. The number of rotatable bonds is 5. The molecule has 94 valence electrons. The van der Waals surface area contributed by atoms with Gasteiger partial charge in [0.05, 0.1) is 23.8 Å². The van der Waals surface area contributed by atoms with Crippen molar-refractivity contribution in [2.24, 2.45) is 0 Å². The van der Waals surface area contributed by atoms with E-state index in [2.05, 4.69) is 46.8 Å². The van der Waals surface area contributed by atoms with E-state index < -0.39 is 0 Å². The molecule has 0 amide bonds. The van der Waals surface area contributed by atoms with E-state index in [0.717, 1.165) is 24.3 Å². The van der Waals surface area contributed by atoms with E-state index >= 15 is 0 Å². The molecule has 0 unspecified atom stereocenters. The quantitative estimate of drug-likeness (QED) is 0.843. The van der Waals surface area contributed by atoms with Gasteiger partial charge in [-0.15, -0.1) is 0 Å². The topological polar surface area (TPSA) is 37.0 Å². The molecule has 0 aliphatic rings. The summed E-state index contributed by atoms with van der Waals surface area (Å²) >= 11 is 0. The van der Waals surface area contributed by atoms with Gasteiger partial charge < -0.3 is 10.6 Å². The predicted molar refractivity (Wildman–Crippen MR) is 76.9 cm³/mol. The Hall–Kier alpha value is -2.03. The molecule has 0 aliphatic carbocycles. The summed E-state index contributed by atoms with van der Waals surface area (Å²) in [5, 5.41) is 6.45. The highest BCUT2D eigenvalue weighted by molar-refractivity contribution is 5.53. The van der Waals surface area contributed by atoms with Gasteiger partial charge in [-0.3, -0.25) is 4.98 Å². The molecule has 0 radical (unpaired) electrons. The fraction of sp³-hybridized carbons (Fsp3) is 0.267. The Kier molecular flexibility index (Phi) is 4.18. The first-order chi connectivity index (χ1) is 8.81. The third-order valence-corrected chi connectivity index (χ3v) is 2.95. The molecule has 0 spiro atoms. The van der Waals surface area contributed by atoms with Crippen molar-refractivity contribution in [2.45, 2.75) is 19.9 Å². The maximum atomic E-state index is 4.17. The van der Waals surface area contributed by atoms with E-state index in [9.17, 15) is 0 Å². The fourth-order valence-corrected chi connectivity index (χ4v) is 1.77. The Bertz CT molecular complexity index is 491. The minimum absolute atomic E-state index is 0.818. The molecule has 2 rings (SSSR count). The lowest BCUT2D eigenvalue weighted by molar-refractivity contribution is 1.10. The van der Waals surface area contributed by atoms with Gasteiger partial charge >= 0.3 is 0 Å². The monoisotopic (exact) mass is 241 g/mol. The lowest BCUT2D eigenvalue weighted by Gasteiger charge is -2.08. The van der Waals surface area contributed by atoms with Gasteiger partial charge in [-0.2, -0.15) is 0 Å². The number of benzene rings is 1. The van der Waals surface area contributed by atoms with Crippen LogP contribution in [0.2, 0.25) is 0 Å². The predicted octanol–water partition coefficient (Wildman–Crippen LogP) is 3.30. The number of nitrogens with zero attached hydrogens (tertiary/aromatic N) is 1. The number of pyridine rings is 1. The Morgan fingerprint density at radius 1 is 1.00 bits per heavy atom. The van der Waals surface area contributed by atoms with Crippen molar-refractivity contribution >= 4 is 11.4 Å². The van der Waals surface area contributed by atoms with Crippen LogP contribution in [0.1, 0.15) is 18.1 Å². The summed E-state index contributed by atoms with van der Waals surface area (Å²) in [5.41, 5.74) is 4.70. The zero-order valence-corrected chi connectivity index (χ0v) is 10.9. The van der Waals surface area contributed by atoms with Crippen LogP contribution in [0.4, 0.5) is 11.4 Å². The molecule has 1 aromatic carbocycles. The molecular weight excluding hydrogens is 222 g/mol. The first kappa shape index (κ1) is 12.4. The van der Waals surface area contributed by atoms with Crippen LogP contribution in [-0.2, 0) is 13.0 Å². The van der Waals surface area contributed by atoms with Gasteiger partial charge in [-0.05, 0) is 23.6 Å². The molecule has 1 heterocycles. The Labute approximate surface area is 108 Å². The van der Waals surface area contributed by atoms with Gasteiger partial charge in [0.25, 0.3) is 0 Å². The van der Waals surface area contributed by atoms with E-state index in [4.69, 9.17) is 0 Å². The van der Waals surface area contributed by atoms with E-state index in [0.29, 0.717) is 0 Å². The third-order valence-electron chi connectivity index (χ3n) is 2.95. The van der Waals surface area contributed by atoms with Gasteiger partial charge in [0, 0.05) is 13.6 Å². The number of hydrogen-bond acceptors (Lipinski definition) is 3. The normalized spacial score (nSPS) is 10.1. The largest absolute Gasteiger partial charge is 0.387 e. The second-order valence-corrected chi connectivity index (χ2v) is 4.24. The first-order valence-corrected chi connectivity index (χ1v) is 6.26. The summed E-state index contributed by atoms with van der Waals surface area (Å²) < 4.78 is 0. The van der Waals surface area contributed by atoms with Crippen molar-refractivity contribution in [3.05, 3.63) is 53.9 Å². The van der Waals surface area contributed by atoms with Crippen molar-refractivity contribution in [1.29, 1.82) is 0 Å². The van der Waals surface area contributed by atoms with Crippen LogP contribution in [0.5, 0.6) is 0 Å². The lowest BCUT2D eigenvalue weighted by Crippen LogP contribution is -2.00. The maximum Gasteiger partial charge on any atom is 0.0550 e. The molecule has 0 aliphatic heterocycles. The van der Waals surface area contributed by atoms with E-state index in [-0.39, 0.29) is 0 Å². The molecule has 18 heavy (non-hydrogen) atoms. The molecule has 2 N–H and O–H groups in total. The van der Waals surface area contributed by atoms with Crippen molar-refractivity contribution < 1.29 is 0 Å². The van der Waals surface area contributed by atoms with Crippen LogP contribution in [-0.4, -0.2) is 12.0 Å². The number of aromatic nitrogens is 1. The summed E-state index contributed by atoms with van der Waals surface area (Å²) in [6.07, 6.45) is 4.73. The molecule has 1 aromatic heterocycles. The molecule has 0 atom stereocenters. The highest BCUT2D eigenvalue weighted by atomic mass is 14.9. The molecule has 0 bridgehead atoms. The van der Waals surface area contributed by atoms with Crippen LogP contribution < -0.4 is 10.6 Å². The van der Waals surface area contributed by atoms with Crippen molar-refractivity contribution in [3.8, 4) is 0 Å². The third kappa shape index (κ3) is 3.23. The van der Waals surface area contributed by atoms with Crippen LogP contribution >= 0.6 is 0 Å². The average molecular weight is 241 g/mol. The number of aryl methyl sites for hydroxylation is 1. The van der Waals surface area contributed by atoms with Crippen LogP contribution in [0, 0.1) is 0 Å². The molecule has 3 heteroatoms. The minimum Gasteiger partial charge on any atom is -0.387 e. The second kappa shape index (κ2) is 6.05. The average Bonchev–Trinajstić information content (AvgIpc) is 2.46. The summed E-state index contributed by atoms with van der Waals surface area (Å²) in [5.74, 6) is 0. The van der Waals surface area contributed by atoms with Gasteiger partial charge in [-0.1, -0.05) is 31.2 Å². The summed E-state index contributed by atoms with van der Waals surface area (Å²) in [6, 6.07) is 10.7. The zero-order chi connectivity index (χ0) is 12.8. The molecule has 3 nitrogen and oxygen atoms in total. The highest BCUT2D eigenvalue weighted by Gasteiger charge is 1.96. The SMILES string of the molecule is CCc1ccc(CNc2cncc(NC)c2)cc1. The Morgan fingerprint density at radius 3 is 2.33 bits per heavy atom. The van der Waals surface area contributed by atoms with Gasteiger partial charge in [0.2, 0.25) is 0 Å². The summed E-state index contributed by atoms with van der Waals surface area (Å²) in [7, 11) is 1.89. The fourth-order valence-electron chi connectivity index (χ4n) is 1.77. The number of nitrogens with one attached hydrogen (secondary N) is 2. The van der Waals surface area contributed by atoms with Gasteiger partial charge in [0.15, 0.2) is 0 Å². The van der Waals surface area contributed by atoms with E-state index in [1.165, 1.54) is 11.1 Å². The van der Waals surface area contributed by atoms with Crippen LogP contribution in [0.15, 0.2) is 42.7 Å². The first-order valence-electron chi connectivity index (χ1n) is 6.26. The zero-order valence-electron chi connectivity index (χ0n) is 10.9. The Balaban J connectivity index is 1.97. The molecule has 0 saturated heterocycles. The van der Waals surface area contributed by atoms with Crippen LogP contribution in [0.25, 0.3) is 0 Å². The van der Waals surface area contributed by atoms with E-state index in [1.807, 2.05) is 19.3 Å². The second-order valence-electron chi connectivity index (χ2n) is 4.24. The number of anilines is 2. The Morgan fingerprint density at radius 2 is 1.67 bits per heavy atom. The van der Waals surface area contributed by atoms with Crippen molar-refractivity contribution in [2.75, 3.05) is 17.7 Å². The summed E-state index contributed by atoms with van der Waals surface area (Å²) in [4.78, 5) is 4.17. The van der Waals surface area contributed by atoms with E-state index in [1.54, 1.807) is 6.20 Å². The van der Waals surface area contributed by atoms with Crippen LogP contribution in [0.3, 0.4) is 0 Å². The molecule has 0 saturated carbocycles. The molecular formula is C15H19N3. The maximum absolute atomic E-state index is 4.17. The van der Waals surface area contributed by atoms with Crippen molar-refractivity contribution in [3.63, 3.8) is 0 Å². The summed E-state index contributed by atoms with van der Waals surface area (Å²) in [6.45, 7) is 2.99. The highest BCUT2D eigenvalue weighted by Crippen LogP contribution is 2.13. The molecule has 0 fully saturated rings. The lowest BCUT2D eigenvalue weighted by atomic mass is 10.1. The molecule has 2 aromatic rings. The minimum atomic E-state index is 0.818. The van der Waals surface area contributed by atoms with Gasteiger partial charge in [0.1, 0.15) is 0 Å². The van der Waals surface area contributed by atoms with Gasteiger partial charge in [-0.25, -0.2) is 0 Å². The smallest absolute Gasteiger partial charge is 0.0550 e. The van der Waals surface area contributed by atoms with Crippen molar-refractivity contribution in [1.82, 2.24) is 4.98 Å².